The molecule has 3 rings (SSSR count). The van der Waals surface area contributed by atoms with Crippen molar-refractivity contribution in [3.8, 4) is 17.2 Å². The van der Waals surface area contributed by atoms with E-state index in [9.17, 15) is 18.0 Å². The van der Waals surface area contributed by atoms with E-state index in [4.69, 9.17) is 14.8 Å². The fourth-order valence-electron chi connectivity index (χ4n) is 3.37. The number of sulfonamides is 1. The Morgan fingerprint density at radius 2 is 1.49 bits per heavy atom. The Bertz CT molecular complexity index is 1350. The van der Waals surface area contributed by atoms with Crippen molar-refractivity contribution in [3.63, 3.8) is 0 Å². The maximum Gasteiger partial charge on any atom is 0.379 e. The van der Waals surface area contributed by atoms with Gasteiger partial charge in [-0.3, -0.25) is 9.69 Å². The van der Waals surface area contributed by atoms with Crippen LogP contribution >= 0.6 is 0 Å². The zero-order valence-electron chi connectivity index (χ0n) is 19.3. The molecule has 10 heteroatoms. The van der Waals surface area contributed by atoms with E-state index < -0.39 is 27.6 Å². The maximum absolute atomic E-state index is 12.9. The molecule has 0 saturated heterocycles. The third-order valence-corrected chi connectivity index (χ3v) is 6.48. The van der Waals surface area contributed by atoms with Crippen molar-refractivity contribution in [3.05, 3.63) is 84.4 Å². The summed E-state index contributed by atoms with van der Waals surface area (Å²) in [6.45, 7) is 2.54. The number of benzene rings is 3. The van der Waals surface area contributed by atoms with Crippen LogP contribution in [0.25, 0.3) is 11.1 Å². The minimum atomic E-state index is -4.15. The van der Waals surface area contributed by atoms with Crippen molar-refractivity contribution in [2.45, 2.75) is 24.5 Å². The van der Waals surface area contributed by atoms with Crippen LogP contribution < -0.4 is 9.79 Å². The molecule has 3 aromatic rings. The average molecular weight is 494 g/mol. The van der Waals surface area contributed by atoms with Crippen LogP contribution in [-0.2, 0) is 29.2 Å². The second-order valence-corrected chi connectivity index (χ2v) is 9.21. The van der Waals surface area contributed by atoms with Gasteiger partial charge in [0.15, 0.2) is 0 Å². The third-order valence-electron chi connectivity index (χ3n) is 5.29. The second-order valence-electron chi connectivity index (χ2n) is 7.57. The van der Waals surface area contributed by atoms with Gasteiger partial charge in [0.25, 0.3) is 10.0 Å². The van der Waals surface area contributed by atoms with E-state index >= 15 is 0 Å². The first-order valence-corrected chi connectivity index (χ1v) is 11.9. The Kier molecular flexibility index (Phi) is 7.66. The van der Waals surface area contributed by atoms with E-state index in [1.165, 1.54) is 45.2 Å². The van der Waals surface area contributed by atoms with E-state index in [2.05, 4.69) is 6.07 Å². The lowest BCUT2D eigenvalue weighted by atomic mass is 10.0. The van der Waals surface area contributed by atoms with Crippen LogP contribution in [0.15, 0.2) is 83.8 Å². The summed E-state index contributed by atoms with van der Waals surface area (Å²) in [6, 6.07) is 23.1. The number of nitrogens with one attached hydrogen (secondary N) is 1. The molecule has 0 aliphatic rings. The predicted octanol–water partition coefficient (Wildman–Crippen LogP) is 3.38. The van der Waals surface area contributed by atoms with E-state index in [1.54, 1.807) is 59.5 Å². The van der Waals surface area contributed by atoms with Crippen molar-refractivity contribution in [2.24, 2.45) is 0 Å². The lowest BCUT2D eigenvalue weighted by Gasteiger charge is -2.36. The molecule has 0 radical (unpaired) electrons. The SMILES string of the molecule is CO[C@@](C)(C(=O)ONS(=O)(=O)c1ccccc1)N(C(C)=O)c1ccc(-c2ccc(C#N)cc2)cc1. The van der Waals surface area contributed by atoms with Gasteiger partial charge in [-0.2, -0.15) is 5.26 Å². The number of amides is 1. The lowest BCUT2D eigenvalue weighted by molar-refractivity contribution is -0.172. The molecule has 0 spiro atoms. The Labute approximate surface area is 203 Å². The highest BCUT2D eigenvalue weighted by Gasteiger charge is 2.45. The van der Waals surface area contributed by atoms with Gasteiger partial charge in [0.05, 0.1) is 16.5 Å². The summed E-state index contributed by atoms with van der Waals surface area (Å²) in [5, 5.41) is 8.96. The van der Waals surface area contributed by atoms with Crippen molar-refractivity contribution in [2.75, 3.05) is 12.0 Å². The number of ether oxygens (including phenoxy) is 1. The molecule has 3 aromatic carbocycles. The van der Waals surface area contributed by atoms with Crippen molar-refractivity contribution < 1.29 is 27.6 Å². The first-order chi connectivity index (χ1) is 16.6. The van der Waals surface area contributed by atoms with Gasteiger partial charge in [0.1, 0.15) is 0 Å². The predicted molar refractivity (Wildman–Crippen MR) is 128 cm³/mol. The van der Waals surface area contributed by atoms with Gasteiger partial charge in [-0.25, -0.2) is 13.2 Å². The molecular weight excluding hydrogens is 470 g/mol. The zero-order valence-corrected chi connectivity index (χ0v) is 20.1. The molecule has 0 fully saturated rings. The quantitative estimate of drug-likeness (QED) is 0.377. The first kappa shape index (κ1) is 25.6. The fourth-order valence-corrected chi connectivity index (χ4v) is 4.17. The molecule has 1 amide bonds. The number of hydrogen-bond acceptors (Lipinski definition) is 7. The van der Waals surface area contributed by atoms with E-state index in [0.29, 0.717) is 11.3 Å². The van der Waals surface area contributed by atoms with E-state index in [1.807, 2.05) is 0 Å². The molecule has 0 aromatic heterocycles. The van der Waals surface area contributed by atoms with Gasteiger partial charge >= 0.3 is 5.97 Å². The number of carbonyl (C=O) groups is 2. The van der Waals surface area contributed by atoms with Crippen LogP contribution in [0, 0.1) is 11.3 Å². The summed E-state index contributed by atoms with van der Waals surface area (Å²) >= 11 is 0. The molecule has 180 valence electrons. The number of nitriles is 1. The summed E-state index contributed by atoms with van der Waals surface area (Å²) in [6.07, 6.45) is 0. The molecule has 1 atom stereocenters. The Hall–Kier alpha value is -4.04. The number of rotatable bonds is 8. The molecule has 9 nitrogen and oxygen atoms in total. The van der Waals surface area contributed by atoms with Crippen molar-refractivity contribution in [1.82, 2.24) is 4.89 Å². The monoisotopic (exact) mass is 493 g/mol. The smallest absolute Gasteiger partial charge is 0.351 e. The standard InChI is InChI=1S/C25H23N3O6S/c1-18(29)28(22-15-13-21(14-16-22)20-11-9-19(17-26)10-12-20)25(2,33-3)24(30)34-27-35(31,32)23-7-5-4-6-8-23/h4-16,27H,1-3H3/t25-/m0/s1. The highest BCUT2D eigenvalue weighted by Crippen LogP contribution is 2.29. The second kappa shape index (κ2) is 10.5. The number of nitrogens with zero attached hydrogens (tertiary/aromatic N) is 2. The Balaban J connectivity index is 1.85. The van der Waals surface area contributed by atoms with Gasteiger partial charge in [0, 0.05) is 19.7 Å². The minimum absolute atomic E-state index is 0.103. The van der Waals surface area contributed by atoms with E-state index in [-0.39, 0.29) is 4.90 Å². The van der Waals surface area contributed by atoms with Crippen LogP contribution in [0.4, 0.5) is 5.69 Å². The molecule has 35 heavy (non-hydrogen) atoms. The Morgan fingerprint density at radius 3 is 1.97 bits per heavy atom. The third kappa shape index (κ3) is 5.55. The van der Waals surface area contributed by atoms with Gasteiger partial charge in [-0.05, 0) is 59.3 Å². The van der Waals surface area contributed by atoms with Crippen LogP contribution in [0.3, 0.4) is 0 Å². The first-order valence-electron chi connectivity index (χ1n) is 10.4. The van der Waals surface area contributed by atoms with Crippen LogP contribution in [0.1, 0.15) is 19.4 Å². The molecule has 0 unspecified atom stereocenters. The maximum atomic E-state index is 12.9. The van der Waals surface area contributed by atoms with Crippen molar-refractivity contribution in [1.29, 1.82) is 5.26 Å². The summed E-state index contributed by atoms with van der Waals surface area (Å²) in [5.74, 6) is -1.69. The summed E-state index contributed by atoms with van der Waals surface area (Å²) in [5.41, 5.74) is 0.543. The van der Waals surface area contributed by atoms with Crippen molar-refractivity contribution >= 4 is 27.6 Å². The van der Waals surface area contributed by atoms with Crippen LogP contribution in [0.2, 0.25) is 0 Å². The van der Waals surface area contributed by atoms with Crippen LogP contribution in [-0.4, -0.2) is 33.1 Å². The molecule has 0 bridgehead atoms. The zero-order chi connectivity index (χ0) is 25.6. The highest BCUT2D eigenvalue weighted by molar-refractivity contribution is 7.89. The number of anilines is 1. The number of hydrogen-bond donors (Lipinski definition) is 1. The summed E-state index contributed by atoms with van der Waals surface area (Å²) in [4.78, 5) is 33.1. The molecule has 0 saturated carbocycles. The van der Waals surface area contributed by atoms with Gasteiger partial charge < -0.3 is 9.57 Å². The summed E-state index contributed by atoms with van der Waals surface area (Å²) in [7, 11) is -2.95. The van der Waals surface area contributed by atoms with Gasteiger partial charge in [-0.15, -0.1) is 0 Å². The molecular formula is C25H23N3O6S. The highest BCUT2D eigenvalue weighted by atomic mass is 32.2. The average Bonchev–Trinajstić information content (AvgIpc) is 2.88. The fraction of sp³-hybridized carbons (Fsp3) is 0.160. The largest absolute Gasteiger partial charge is 0.379 e. The van der Waals surface area contributed by atoms with Gasteiger partial charge in [-0.1, -0.05) is 42.5 Å². The topological polar surface area (TPSA) is 126 Å². The number of methoxy groups -OCH3 is 1. The van der Waals surface area contributed by atoms with Gasteiger partial charge in [0.2, 0.25) is 11.6 Å². The molecule has 0 aliphatic carbocycles. The lowest BCUT2D eigenvalue weighted by Crippen LogP contribution is -2.58. The normalized spacial score (nSPS) is 12.7. The van der Waals surface area contributed by atoms with E-state index in [0.717, 1.165) is 16.0 Å². The minimum Gasteiger partial charge on any atom is -0.351 e. The molecule has 0 aliphatic heterocycles. The molecule has 0 heterocycles. The van der Waals surface area contributed by atoms with Crippen LogP contribution in [0.5, 0.6) is 0 Å². The molecule has 1 N–H and O–H groups in total. The summed E-state index contributed by atoms with van der Waals surface area (Å²) < 4.78 is 30.2. The number of carbonyl (C=O) groups excluding carboxylic acids is 2. The Morgan fingerprint density at radius 1 is 0.943 bits per heavy atom.